The van der Waals surface area contributed by atoms with E-state index in [0.29, 0.717) is 23.9 Å². The maximum Gasteiger partial charge on any atom is 0.226 e. The van der Waals surface area contributed by atoms with E-state index in [-0.39, 0.29) is 0 Å². The van der Waals surface area contributed by atoms with Crippen LogP contribution in [0.15, 0.2) is 0 Å². The number of hydrogen-bond donors (Lipinski definition) is 1. The molecule has 2 heterocycles. The monoisotopic (exact) mass is 254 g/mol. The van der Waals surface area contributed by atoms with E-state index >= 15 is 0 Å². The number of carbonyl (C=O) groups is 1. The van der Waals surface area contributed by atoms with Gasteiger partial charge in [0.25, 0.3) is 0 Å². The molecule has 4 heteroatoms. The second kappa shape index (κ2) is 5.19. The largest absolute Gasteiger partial charge is 0.338 e. The zero-order chi connectivity index (χ0) is 11.7. The van der Waals surface area contributed by atoms with Crippen LogP contribution in [-0.2, 0) is 4.79 Å². The average Bonchev–Trinajstić information content (AvgIpc) is 2.86. The van der Waals surface area contributed by atoms with E-state index in [0.717, 1.165) is 25.3 Å². The lowest BCUT2D eigenvalue weighted by atomic mass is 10.1. The van der Waals surface area contributed by atoms with Crippen LogP contribution < -0.4 is 5.32 Å². The number of nitrogens with one attached hydrogen (secondary N) is 1. The minimum absolute atomic E-state index is 0.321. The Morgan fingerprint density at radius 2 is 2.18 bits per heavy atom. The Labute approximate surface area is 108 Å². The number of nitrogens with zero attached hydrogens (tertiary/aromatic N) is 1. The summed E-state index contributed by atoms with van der Waals surface area (Å²) >= 11 is 1.94. The van der Waals surface area contributed by atoms with Crippen molar-refractivity contribution in [3.05, 3.63) is 0 Å². The maximum atomic E-state index is 12.5. The predicted molar refractivity (Wildman–Crippen MR) is 71.2 cm³/mol. The van der Waals surface area contributed by atoms with E-state index in [1.807, 2.05) is 11.8 Å². The summed E-state index contributed by atoms with van der Waals surface area (Å²) in [6, 6.07) is 1.14. The summed E-state index contributed by atoms with van der Waals surface area (Å²) in [6.45, 7) is 2.10. The zero-order valence-corrected chi connectivity index (χ0v) is 11.2. The second-order valence-corrected chi connectivity index (χ2v) is 6.73. The molecule has 96 valence electrons. The third kappa shape index (κ3) is 2.79. The normalized spacial score (nSPS) is 32.9. The van der Waals surface area contributed by atoms with Gasteiger partial charge in [-0.2, -0.15) is 11.8 Å². The van der Waals surface area contributed by atoms with Crippen LogP contribution in [-0.4, -0.2) is 47.5 Å². The van der Waals surface area contributed by atoms with Gasteiger partial charge in [-0.1, -0.05) is 0 Å². The van der Waals surface area contributed by atoms with Crippen LogP contribution in [0.25, 0.3) is 0 Å². The van der Waals surface area contributed by atoms with Gasteiger partial charge >= 0.3 is 0 Å². The third-order valence-electron chi connectivity index (χ3n) is 4.13. The van der Waals surface area contributed by atoms with Crippen molar-refractivity contribution < 1.29 is 4.79 Å². The van der Waals surface area contributed by atoms with Gasteiger partial charge in [-0.3, -0.25) is 4.79 Å². The van der Waals surface area contributed by atoms with Gasteiger partial charge < -0.3 is 10.2 Å². The fourth-order valence-electron chi connectivity index (χ4n) is 2.92. The number of thioether (sulfide) groups is 1. The Kier molecular flexibility index (Phi) is 3.61. The first kappa shape index (κ1) is 11.8. The second-order valence-electron chi connectivity index (χ2n) is 5.58. The number of hydrogen-bond acceptors (Lipinski definition) is 3. The van der Waals surface area contributed by atoms with Gasteiger partial charge in [0.2, 0.25) is 5.91 Å². The molecule has 0 spiro atoms. The fourth-order valence-corrected chi connectivity index (χ4v) is 4.13. The molecule has 2 unspecified atom stereocenters. The van der Waals surface area contributed by atoms with Gasteiger partial charge in [0, 0.05) is 30.3 Å². The van der Waals surface area contributed by atoms with Gasteiger partial charge in [-0.25, -0.2) is 0 Å². The molecule has 2 aliphatic heterocycles. The molecule has 2 atom stereocenters. The lowest BCUT2D eigenvalue weighted by Gasteiger charge is -2.28. The molecule has 17 heavy (non-hydrogen) atoms. The Balaban J connectivity index is 1.60. The minimum atomic E-state index is 0.321. The van der Waals surface area contributed by atoms with Crippen molar-refractivity contribution >= 4 is 17.7 Å². The highest BCUT2D eigenvalue weighted by Gasteiger charge is 2.38. The van der Waals surface area contributed by atoms with E-state index in [9.17, 15) is 4.79 Å². The summed E-state index contributed by atoms with van der Waals surface area (Å²) in [6.07, 6.45) is 6.09. The quantitative estimate of drug-likeness (QED) is 0.825. The van der Waals surface area contributed by atoms with Gasteiger partial charge in [0.15, 0.2) is 0 Å². The van der Waals surface area contributed by atoms with Crippen LogP contribution in [0.4, 0.5) is 0 Å². The van der Waals surface area contributed by atoms with Crippen LogP contribution in [0, 0.1) is 5.92 Å². The van der Waals surface area contributed by atoms with E-state index in [1.165, 1.54) is 31.4 Å². The van der Waals surface area contributed by atoms with Crippen LogP contribution in [0.3, 0.4) is 0 Å². The highest BCUT2D eigenvalue weighted by molar-refractivity contribution is 7.99. The summed E-state index contributed by atoms with van der Waals surface area (Å²) in [5, 5.41) is 3.52. The molecule has 0 bridgehead atoms. The van der Waals surface area contributed by atoms with E-state index < -0.39 is 0 Å². The van der Waals surface area contributed by atoms with Crippen LogP contribution in [0.2, 0.25) is 0 Å². The van der Waals surface area contributed by atoms with Gasteiger partial charge in [-0.15, -0.1) is 0 Å². The molecule has 1 amide bonds. The summed E-state index contributed by atoms with van der Waals surface area (Å²) in [5.41, 5.74) is 0. The van der Waals surface area contributed by atoms with Crippen molar-refractivity contribution in [1.29, 1.82) is 0 Å². The topological polar surface area (TPSA) is 32.3 Å². The Bertz CT molecular complexity index is 281. The van der Waals surface area contributed by atoms with Crippen LogP contribution in [0.5, 0.6) is 0 Å². The Morgan fingerprint density at radius 1 is 1.29 bits per heavy atom. The van der Waals surface area contributed by atoms with Gasteiger partial charge in [0.05, 0.1) is 0 Å². The van der Waals surface area contributed by atoms with Crippen molar-refractivity contribution in [3.8, 4) is 0 Å². The molecule has 3 nitrogen and oxygen atoms in total. The molecule has 1 N–H and O–H groups in total. The van der Waals surface area contributed by atoms with Crippen molar-refractivity contribution in [3.63, 3.8) is 0 Å². The third-order valence-corrected chi connectivity index (χ3v) is 5.29. The fraction of sp³-hybridized carbons (Fsp3) is 0.923. The molecule has 1 aliphatic carbocycles. The number of rotatable bonds is 4. The molecule has 0 radical (unpaired) electrons. The highest BCUT2D eigenvalue weighted by Crippen LogP contribution is 2.32. The Hall–Kier alpha value is -0.220. The molecule has 3 rings (SSSR count). The van der Waals surface area contributed by atoms with Gasteiger partial charge in [-0.05, 0) is 44.4 Å². The van der Waals surface area contributed by atoms with Crippen LogP contribution >= 0.6 is 11.8 Å². The smallest absolute Gasteiger partial charge is 0.226 e. The van der Waals surface area contributed by atoms with Crippen LogP contribution in [0.1, 0.15) is 32.1 Å². The van der Waals surface area contributed by atoms with Crippen molar-refractivity contribution in [1.82, 2.24) is 10.2 Å². The van der Waals surface area contributed by atoms with Crippen molar-refractivity contribution in [2.45, 2.75) is 44.2 Å². The zero-order valence-electron chi connectivity index (χ0n) is 10.4. The SMILES string of the molecule is O=C(C1CCSC1)N(CC1CCCN1)C1CC1. The molecule has 2 saturated heterocycles. The first-order valence-electron chi connectivity index (χ1n) is 6.96. The predicted octanol–water partition coefficient (Wildman–Crippen LogP) is 1.48. The molecule has 3 aliphatic rings. The van der Waals surface area contributed by atoms with Crippen molar-refractivity contribution in [2.24, 2.45) is 5.92 Å². The van der Waals surface area contributed by atoms with Gasteiger partial charge in [0.1, 0.15) is 0 Å². The number of amides is 1. The average molecular weight is 254 g/mol. The Morgan fingerprint density at radius 3 is 2.76 bits per heavy atom. The lowest BCUT2D eigenvalue weighted by Crippen LogP contribution is -2.45. The molecule has 0 aromatic carbocycles. The summed E-state index contributed by atoms with van der Waals surface area (Å²) in [5.74, 6) is 3.00. The molecule has 1 saturated carbocycles. The molecular weight excluding hydrogens is 232 g/mol. The molecular formula is C13H22N2OS. The summed E-state index contributed by atoms with van der Waals surface area (Å²) < 4.78 is 0. The molecule has 3 fully saturated rings. The maximum absolute atomic E-state index is 12.5. The minimum Gasteiger partial charge on any atom is -0.338 e. The summed E-state index contributed by atoms with van der Waals surface area (Å²) in [7, 11) is 0. The highest BCUT2D eigenvalue weighted by atomic mass is 32.2. The lowest BCUT2D eigenvalue weighted by molar-refractivity contribution is -0.135. The van der Waals surface area contributed by atoms with E-state index in [2.05, 4.69) is 10.2 Å². The first-order valence-corrected chi connectivity index (χ1v) is 8.11. The standard InChI is InChI=1S/C13H22N2OS/c16-13(10-5-7-17-9-10)15(12-3-4-12)8-11-2-1-6-14-11/h10-12,14H,1-9H2. The number of carbonyl (C=O) groups excluding carboxylic acids is 1. The first-order chi connectivity index (χ1) is 8.34. The van der Waals surface area contributed by atoms with E-state index in [4.69, 9.17) is 0 Å². The van der Waals surface area contributed by atoms with E-state index in [1.54, 1.807) is 0 Å². The molecule has 0 aromatic heterocycles. The van der Waals surface area contributed by atoms with Crippen molar-refractivity contribution in [2.75, 3.05) is 24.6 Å². The molecule has 0 aromatic rings. The summed E-state index contributed by atoms with van der Waals surface area (Å²) in [4.78, 5) is 14.7.